The number of thiophene rings is 1. The van der Waals surface area contributed by atoms with Crippen LogP contribution in [0.2, 0.25) is 0 Å². The van der Waals surface area contributed by atoms with Crippen LogP contribution >= 0.6 is 23.1 Å². The van der Waals surface area contributed by atoms with Gasteiger partial charge in [0.1, 0.15) is 23.4 Å². The fraction of sp³-hybridized carbons (Fsp3) is 0.267. The Kier molecular flexibility index (Phi) is 4.54. The molecule has 7 heteroatoms. The molecule has 1 aromatic heterocycles. The maximum atomic E-state index is 13.8. The molecule has 2 aromatic rings. The highest BCUT2D eigenvalue weighted by Crippen LogP contribution is 2.45. The summed E-state index contributed by atoms with van der Waals surface area (Å²) >= 11 is 2.99. The number of carbonyl (C=O) groups is 1. The van der Waals surface area contributed by atoms with E-state index in [2.05, 4.69) is 10.6 Å². The zero-order valence-electron chi connectivity index (χ0n) is 11.9. The minimum absolute atomic E-state index is 0.200. The van der Waals surface area contributed by atoms with Gasteiger partial charge in [-0.25, -0.2) is 4.39 Å². The van der Waals surface area contributed by atoms with Gasteiger partial charge in [-0.1, -0.05) is 0 Å². The first-order valence-corrected chi connectivity index (χ1v) is 8.98. The van der Waals surface area contributed by atoms with Crippen molar-refractivity contribution in [2.24, 2.45) is 0 Å². The van der Waals surface area contributed by atoms with E-state index in [1.807, 2.05) is 23.1 Å². The summed E-state index contributed by atoms with van der Waals surface area (Å²) in [5.74, 6) is -0.0706. The van der Waals surface area contributed by atoms with Gasteiger partial charge in [-0.15, -0.1) is 11.8 Å². The number of benzene rings is 1. The van der Waals surface area contributed by atoms with Crippen molar-refractivity contribution in [1.29, 1.82) is 0 Å². The summed E-state index contributed by atoms with van der Waals surface area (Å²) in [6, 6.07) is 4.90. The number of nitrogens with one attached hydrogen (secondary N) is 2. The van der Waals surface area contributed by atoms with Gasteiger partial charge >= 0.3 is 0 Å². The van der Waals surface area contributed by atoms with Crippen LogP contribution in [-0.4, -0.2) is 25.3 Å². The molecule has 0 saturated heterocycles. The smallest absolute Gasteiger partial charge is 0.242 e. The average Bonchev–Trinajstić information content (AvgIpc) is 3.13. The highest BCUT2D eigenvalue weighted by Gasteiger charge is 2.35. The van der Waals surface area contributed by atoms with Crippen molar-refractivity contribution in [3.05, 3.63) is 40.3 Å². The first kappa shape index (κ1) is 15.2. The number of hydrogen-bond acceptors (Lipinski definition) is 5. The molecule has 0 aliphatic carbocycles. The summed E-state index contributed by atoms with van der Waals surface area (Å²) in [6.45, 7) is 1.07. The number of thioether (sulfide) groups is 1. The minimum Gasteiger partial charge on any atom is -0.491 e. The zero-order chi connectivity index (χ0) is 15.5. The molecule has 116 valence electrons. The molecule has 22 heavy (non-hydrogen) atoms. The lowest BCUT2D eigenvalue weighted by molar-refractivity contribution is -0.115. The second-order valence-electron chi connectivity index (χ2n) is 4.73. The van der Waals surface area contributed by atoms with Crippen molar-refractivity contribution in [2.45, 2.75) is 5.25 Å². The lowest BCUT2D eigenvalue weighted by Crippen LogP contribution is -2.12. The molecule has 3 rings (SSSR count). The molecule has 0 saturated carbocycles. The number of rotatable bonds is 6. The van der Waals surface area contributed by atoms with E-state index in [4.69, 9.17) is 4.74 Å². The van der Waals surface area contributed by atoms with E-state index in [9.17, 15) is 9.18 Å². The van der Waals surface area contributed by atoms with Crippen molar-refractivity contribution in [3.63, 3.8) is 0 Å². The van der Waals surface area contributed by atoms with Crippen LogP contribution in [0.4, 0.5) is 15.8 Å². The van der Waals surface area contributed by atoms with Gasteiger partial charge in [-0.3, -0.25) is 4.79 Å². The number of anilines is 2. The fourth-order valence-corrected chi connectivity index (χ4v) is 3.71. The van der Waals surface area contributed by atoms with Gasteiger partial charge in [-0.2, -0.15) is 11.3 Å². The topological polar surface area (TPSA) is 50.4 Å². The Balaban J connectivity index is 1.69. The van der Waals surface area contributed by atoms with Crippen LogP contribution in [-0.2, 0) is 4.79 Å². The molecule has 1 unspecified atom stereocenters. The number of amides is 1. The Morgan fingerprint density at radius 2 is 2.32 bits per heavy atom. The molecule has 4 nitrogen and oxygen atoms in total. The van der Waals surface area contributed by atoms with Crippen molar-refractivity contribution < 1.29 is 13.9 Å². The molecule has 0 bridgehead atoms. The summed E-state index contributed by atoms with van der Waals surface area (Å²) in [7, 11) is 0. The van der Waals surface area contributed by atoms with Crippen LogP contribution < -0.4 is 15.4 Å². The van der Waals surface area contributed by atoms with E-state index in [1.54, 1.807) is 17.4 Å². The molecule has 0 spiro atoms. The standard InChI is InChI=1S/C15H15FN2O2S2/c1-21-14-12-11(3-2-10(16)13(12)18-15(14)19)20-6-5-17-9-4-7-22-8-9/h2-4,7-8,14,17H,5-6H2,1H3,(H,18,19). The van der Waals surface area contributed by atoms with Crippen molar-refractivity contribution in [3.8, 4) is 5.75 Å². The molecular formula is C15H15FN2O2S2. The molecule has 0 fully saturated rings. The fourth-order valence-electron chi connectivity index (χ4n) is 2.35. The van der Waals surface area contributed by atoms with Gasteiger partial charge in [-0.05, 0) is 29.8 Å². The Labute approximate surface area is 136 Å². The van der Waals surface area contributed by atoms with E-state index in [1.165, 1.54) is 17.8 Å². The summed E-state index contributed by atoms with van der Waals surface area (Å²) in [5, 5.41) is 9.41. The van der Waals surface area contributed by atoms with Gasteiger partial charge in [0, 0.05) is 23.2 Å². The van der Waals surface area contributed by atoms with Crippen LogP contribution in [0.15, 0.2) is 29.0 Å². The van der Waals surface area contributed by atoms with Crippen molar-refractivity contribution in [1.82, 2.24) is 0 Å². The van der Waals surface area contributed by atoms with Crippen LogP contribution in [0.3, 0.4) is 0 Å². The first-order valence-electron chi connectivity index (χ1n) is 6.75. The lowest BCUT2D eigenvalue weighted by Gasteiger charge is -2.13. The third-order valence-electron chi connectivity index (χ3n) is 3.35. The van der Waals surface area contributed by atoms with E-state index in [-0.39, 0.29) is 11.6 Å². The highest BCUT2D eigenvalue weighted by molar-refractivity contribution is 7.99. The van der Waals surface area contributed by atoms with E-state index in [0.717, 1.165) is 5.69 Å². The first-order chi connectivity index (χ1) is 10.7. The predicted molar refractivity (Wildman–Crippen MR) is 89.6 cm³/mol. The van der Waals surface area contributed by atoms with E-state index >= 15 is 0 Å². The minimum atomic E-state index is -0.427. The summed E-state index contributed by atoms with van der Waals surface area (Å²) in [4.78, 5) is 11.9. The van der Waals surface area contributed by atoms with E-state index < -0.39 is 11.1 Å². The monoisotopic (exact) mass is 338 g/mol. The Hall–Kier alpha value is -1.73. The molecule has 0 radical (unpaired) electrons. The number of halogens is 1. The van der Waals surface area contributed by atoms with E-state index in [0.29, 0.717) is 24.5 Å². The number of fused-ring (bicyclic) bond motifs is 1. The zero-order valence-corrected chi connectivity index (χ0v) is 13.5. The highest BCUT2D eigenvalue weighted by atomic mass is 32.2. The predicted octanol–water partition coefficient (Wildman–Crippen LogP) is 3.73. The number of ether oxygens (including phenoxy) is 1. The molecular weight excluding hydrogens is 323 g/mol. The van der Waals surface area contributed by atoms with Gasteiger partial charge in [0.25, 0.3) is 0 Å². The number of hydrogen-bond donors (Lipinski definition) is 2. The van der Waals surface area contributed by atoms with Crippen LogP contribution in [0, 0.1) is 5.82 Å². The molecule has 1 atom stereocenters. The second kappa shape index (κ2) is 6.58. The quantitative estimate of drug-likeness (QED) is 0.788. The normalized spacial score (nSPS) is 16.3. The second-order valence-corrected chi connectivity index (χ2v) is 6.45. The molecule has 2 heterocycles. The maximum Gasteiger partial charge on any atom is 0.242 e. The third kappa shape index (κ3) is 2.91. The van der Waals surface area contributed by atoms with Crippen molar-refractivity contribution >= 4 is 40.4 Å². The Morgan fingerprint density at radius 3 is 3.05 bits per heavy atom. The molecule has 1 aliphatic rings. The summed E-state index contributed by atoms with van der Waals surface area (Å²) in [5.41, 5.74) is 1.90. The van der Waals surface area contributed by atoms with Crippen molar-refractivity contribution in [2.75, 3.05) is 30.0 Å². The third-order valence-corrected chi connectivity index (χ3v) is 4.95. The Bertz CT molecular complexity index is 676. The largest absolute Gasteiger partial charge is 0.491 e. The number of carbonyl (C=O) groups excluding carboxylic acids is 1. The SMILES string of the molecule is CSC1C(=O)Nc2c(F)ccc(OCCNc3ccsc3)c21. The molecule has 1 amide bonds. The van der Waals surface area contributed by atoms with Gasteiger partial charge < -0.3 is 15.4 Å². The Morgan fingerprint density at radius 1 is 1.45 bits per heavy atom. The maximum absolute atomic E-state index is 13.8. The summed E-state index contributed by atoms with van der Waals surface area (Å²) in [6.07, 6.45) is 1.83. The van der Waals surface area contributed by atoms with Crippen LogP contribution in [0.25, 0.3) is 0 Å². The van der Waals surface area contributed by atoms with Gasteiger partial charge in [0.15, 0.2) is 0 Å². The molecule has 1 aromatic carbocycles. The van der Waals surface area contributed by atoms with Crippen LogP contribution in [0.5, 0.6) is 5.75 Å². The van der Waals surface area contributed by atoms with Gasteiger partial charge in [0.2, 0.25) is 5.91 Å². The van der Waals surface area contributed by atoms with Crippen LogP contribution in [0.1, 0.15) is 10.8 Å². The molecule has 1 aliphatic heterocycles. The summed E-state index contributed by atoms with van der Waals surface area (Å²) < 4.78 is 19.6. The lowest BCUT2D eigenvalue weighted by atomic mass is 10.1. The average molecular weight is 338 g/mol. The molecule has 2 N–H and O–H groups in total. The van der Waals surface area contributed by atoms with Gasteiger partial charge in [0.05, 0.1) is 5.69 Å².